The molecule has 0 saturated heterocycles. The highest BCUT2D eigenvalue weighted by atomic mass is 16.1. The van der Waals surface area contributed by atoms with Crippen LogP contribution in [0.1, 0.15) is 41.9 Å². The molecule has 130 valence electrons. The number of aryl methyl sites for hydroxylation is 2. The molecule has 0 aliphatic rings. The third kappa shape index (κ3) is 3.63. The minimum Gasteiger partial charge on any atom is -0.350 e. The molecule has 2 N–H and O–H groups in total. The molecular formula is C19H22N4O2. The Morgan fingerprint density at radius 1 is 1.28 bits per heavy atom. The number of H-pyrrole nitrogens is 1. The summed E-state index contributed by atoms with van der Waals surface area (Å²) in [6, 6.07) is 11.3. The molecule has 1 atom stereocenters. The molecule has 3 aromatic rings. The van der Waals surface area contributed by atoms with Crippen LogP contribution in [-0.4, -0.2) is 20.5 Å². The molecule has 25 heavy (non-hydrogen) atoms. The smallest absolute Gasteiger partial charge is 0.266 e. The number of hydrogen-bond donors (Lipinski definition) is 2. The number of benzene rings is 1. The lowest BCUT2D eigenvalue weighted by atomic mass is 10.1. The van der Waals surface area contributed by atoms with Crippen LogP contribution in [0.4, 0.5) is 0 Å². The molecule has 0 spiro atoms. The van der Waals surface area contributed by atoms with Crippen LogP contribution in [0.2, 0.25) is 0 Å². The van der Waals surface area contributed by atoms with Gasteiger partial charge < -0.3 is 5.32 Å². The molecular weight excluding hydrogens is 316 g/mol. The van der Waals surface area contributed by atoms with Crippen LogP contribution in [0.15, 0.2) is 41.2 Å². The lowest BCUT2D eigenvalue weighted by molar-refractivity contribution is -0.121. The van der Waals surface area contributed by atoms with Crippen LogP contribution in [-0.2, 0) is 11.2 Å². The van der Waals surface area contributed by atoms with Gasteiger partial charge in [-0.05, 0) is 38.3 Å². The summed E-state index contributed by atoms with van der Waals surface area (Å²) in [5.41, 5.74) is 4.25. The Bertz CT molecular complexity index is 957. The summed E-state index contributed by atoms with van der Waals surface area (Å²) >= 11 is 0. The molecule has 0 bridgehead atoms. The Kier molecular flexibility index (Phi) is 4.70. The zero-order chi connectivity index (χ0) is 18.0. The van der Waals surface area contributed by atoms with Crippen molar-refractivity contribution < 1.29 is 4.79 Å². The molecule has 3 rings (SSSR count). The summed E-state index contributed by atoms with van der Waals surface area (Å²) in [5.74, 6) is -0.00347. The largest absolute Gasteiger partial charge is 0.350 e. The third-order valence-corrected chi connectivity index (χ3v) is 4.48. The minimum atomic E-state index is -0.179. The predicted molar refractivity (Wildman–Crippen MR) is 96.6 cm³/mol. The Hall–Kier alpha value is -2.89. The van der Waals surface area contributed by atoms with Crippen molar-refractivity contribution in [3.05, 3.63) is 69.3 Å². The fourth-order valence-electron chi connectivity index (χ4n) is 3.09. The first-order valence-corrected chi connectivity index (χ1v) is 8.38. The van der Waals surface area contributed by atoms with Crippen molar-refractivity contribution in [2.24, 2.45) is 0 Å². The van der Waals surface area contributed by atoms with Gasteiger partial charge in [0.15, 0.2) is 5.65 Å². The normalized spacial score (nSPS) is 12.3. The van der Waals surface area contributed by atoms with E-state index < -0.39 is 0 Å². The maximum Gasteiger partial charge on any atom is 0.266 e. The second kappa shape index (κ2) is 6.93. The Labute approximate surface area is 145 Å². The van der Waals surface area contributed by atoms with E-state index in [0.717, 1.165) is 22.5 Å². The quantitative estimate of drug-likeness (QED) is 0.750. The zero-order valence-corrected chi connectivity index (χ0v) is 14.7. The number of rotatable bonds is 5. The van der Waals surface area contributed by atoms with Gasteiger partial charge in [-0.15, -0.1) is 0 Å². The van der Waals surface area contributed by atoms with E-state index in [1.54, 1.807) is 4.52 Å². The number of hydrogen-bond acceptors (Lipinski definition) is 3. The number of aromatic nitrogens is 3. The first-order chi connectivity index (χ1) is 12.0. The molecule has 1 amide bonds. The van der Waals surface area contributed by atoms with Crippen molar-refractivity contribution in [3.63, 3.8) is 0 Å². The lowest BCUT2D eigenvalue weighted by Gasteiger charge is -2.15. The topological polar surface area (TPSA) is 79.3 Å². The molecule has 0 saturated carbocycles. The average molecular weight is 338 g/mol. The van der Waals surface area contributed by atoms with E-state index in [0.29, 0.717) is 18.5 Å². The molecule has 0 aliphatic heterocycles. The van der Waals surface area contributed by atoms with Gasteiger partial charge in [-0.3, -0.25) is 14.7 Å². The van der Waals surface area contributed by atoms with Crippen molar-refractivity contribution in [2.45, 2.75) is 39.7 Å². The van der Waals surface area contributed by atoms with E-state index in [-0.39, 0.29) is 17.5 Å². The predicted octanol–water partition coefficient (Wildman–Crippen LogP) is 2.45. The van der Waals surface area contributed by atoms with Crippen LogP contribution >= 0.6 is 0 Å². The summed E-state index contributed by atoms with van der Waals surface area (Å²) in [5, 5.41) is 5.76. The molecule has 2 heterocycles. The molecule has 1 unspecified atom stereocenters. The van der Waals surface area contributed by atoms with Gasteiger partial charge in [0.1, 0.15) is 0 Å². The highest BCUT2D eigenvalue weighted by molar-refractivity contribution is 5.76. The summed E-state index contributed by atoms with van der Waals surface area (Å²) in [6.07, 6.45) is 0.950. The van der Waals surface area contributed by atoms with Crippen molar-refractivity contribution in [1.82, 2.24) is 19.9 Å². The number of amides is 1. The number of carbonyl (C=O) groups is 1. The van der Waals surface area contributed by atoms with Crippen LogP contribution in [0.3, 0.4) is 0 Å². The van der Waals surface area contributed by atoms with Gasteiger partial charge >= 0.3 is 0 Å². The van der Waals surface area contributed by atoms with E-state index >= 15 is 0 Å². The second-order valence-corrected chi connectivity index (χ2v) is 6.28. The van der Waals surface area contributed by atoms with Crippen molar-refractivity contribution >= 4 is 11.6 Å². The van der Waals surface area contributed by atoms with Gasteiger partial charge in [0.2, 0.25) is 5.91 Å². The van der Waals surface area contributed by atoms with Crippen molar-refractivity contribution in [3.8, 4) is 0 Å². The van der Waals surface area contributed by atoms with Crippen LogP contribution < -0.4 is 10.9 Å². The van der Waals surface area contributed by atoms with Crippen molar-refractivity contribution in [1.29, 1.82) is 0 Å². The Morgan fingerprint density at radius 2 is 2.00 bits per heavy atom. The number of nitrogens with one attached hydrogen (secondary N) is 2. The molecule has 0 radical (unpaired) electrons. The van der Waals surface area contributed by atoms with E-state index in [1.165, 1.54) is 6.07 Å². The van der Waals surface area contributed by atoms with Crippen molar-refractivity contribution in [2.75, 3.05) is 0 Å². The summed E-state index contributed by atoms with van der Waals surface area (Å²) < 4.78 is 1.68. The molecule has 0 fully saturated rings. The number of carbonyl (C=O) groups excluding carboxylic acids is 1. The highest BCUT2D eigenvalue weighted by Gasteiger charge is 2.14. The van der Waals surface area contributed by atoms with Crippen LogP contribution in [0.5, 0.6) is 0 Å². The van der Waals surface area contributed by atoms with E-state index in [9.17, 15) is 9.59 Å². The first kappa shape index (κ1) is 17.0. The summed E-state index contributed by atoms with van der Waals surface area (Å²) in [6.45, 7) is 5.81. The number of aromatic amines is 1. The maximum absolute atomic E-state index is 12.3. The second-order valence-electron chi connectivity index (χ2n) is 6.28. The van der Waals surface area contributed by atoms with Gasteiger partial charge in [-0.2, -0.15) is 0 Å². The van der Waals surface area contributed by atoms with Gasteiger partial charge in [0.25, 0.3) is 5.56 Å². The fourth-order valence-corrected chi connectivity index (χ4v) is 3.09. The van der Waals surface area contributed by atoms with E-state index in [1.807, 2.05) is 51.1 Å². The van der Waals surface area contributed by atoms with E-state index in [4.69, 9.17) is 0 Å². The number of fused-ring (bicyclic) bond motifs is 1. The monoisotopic (exact) mass is 338 g/mol. The summed E-state index contributed by atoms with van der Waals surface area (Å²) in [4.78, 5) is 28.2. The molecule has 2 aromatic heterocycles. The molecule has 6 heteroatoms. The van der Waals surface area contributed by atoms with Gasteiger partial charge in [0.05, 0.1) is 6.04 Å². The standard InChI is InChI=1S/C19H22N4O2/c1-12(15-7-5-4-6-8-15)21-18(24)10-9-16-13(2)20-17-11-19(25)22-23(17)14(16)3/h4-8,11-12H,9-10H2,1-3H3,(H,21,24)(H,22,25). The van der Waals surface area contributed by atoms with Crippen LogP contribution in [0, 0.1) is 13.8 Å². The van der Waals surface area contributed by atoms with Crippen LogP contribution in [0.25, 0.3) is 5.65 Å². The minimum absolute atomic E-state index is 0.00347. The van der Waals surface area contributed by atoms with E-state index in [2.05, 4.69) is 15.4 Å². The first-order valence-electron chi connectivity index (χ1n) is 8.38. The summed E-state index contributed by atoms with van der Waals surface area (Å²) in [7, 11) is 0. The molecule has 0 aliphatic carbocycles. The average Bonchev–Trinajstić information content (AvgIpc) is 2.96. The molecule has 6 nitrogen and oxygen atoms in total. The Balaban J connectivity index is 1.70. The highest BCUT2D eigenvalue weighted by Crippen LogP contribution is 2.16. The third-order valence-electron chi connectivity index (χ3n) is 4.48. The maximum atomic E-state index is 12.3. The van der Waals surface area contributed by atoms with Gasteiger partial charge in [-0.25, -0.2) is 9.50 Å². The lowest BCUT2D eigenvalue weighted by Crippen LogP contribution is -2.27. The Morgan fingerprint density at radius 3 is 2.72 bits per heavy atom. The van der Waals surface area contributed by atoms with Gasteiger partial charge in [-0.1, -0.05) is 30.3 Å². The number of nitrogens with zero attached hydrogens (tertiary/aromatic N) is 2. The molecule has 1 aromatic carbocycles. The fraction of sp³-hybridized carbons (Fsp3) is 0.316. The SMILES string of the molecule is Cc1nc2cc(=O)[nH]n2c(C)c1CCC(=O)NC(C)c1ccccc1. The van der Waals surface area contributed by atoms with Gasteiger partial charge in [0, 0.05) is 23.9 Å². The zero-order valence-electron chi connectivity index (χ0n) is 14.7.